The molecule has 0 radical (unpaired) electrons. The fourth-order valence-electron chi connectivity index (χ4n) is 2.87. The molecule has 1 atom stereocenters. The van der Waals surface area contributed by atoms with Crippen molar-refractivity contribution in [2.45, 2.75) is 31.1 Å². The summed E-state index contributed by atoms with van der Waals surface area (Å²) in [5.74, 6) is -1.04. The number of hydroxylamine groups is 1. The predicted octanol–water partition coefficient (Wildman–Crippen LogP) is 1.61. The molecule has 0 aliphatic heterocycles. The first kappa shape index (κ1) is 23.5. The molecule has 1 aromatic carbocycles. The topological polar surface area (TPSA) is 126 Å². The molecule has 3 N–H and O–H groups in total. The molecule has 9 heteroatoms. The van der Waals surface area contributed by atoms with Crippen LogP contribution in [-0.2, 0) is 21.2 Å². The third-order valence-corrected chi connectivity index (χ3v) is 7.10. The van der Waals surface area contributed by atoms with E-state index in [0.29, 0.717) is 12.0 Å². The number of sulfone groups is 1. The van der Waals surface area contributed by atoms with E-state index in [4.69, 9.17) is 10.3 Å². The van der Waals surface area contributed by atoms with Crippen LogP contribution < -0.4 is 11.0 Å². The van der Waals surface area contributed by atoms with Gasteiger partial charge < -0.3 is 9.67 Å². The van der Waals surface area contributed by atoms with E-state index in [9.17, 15) is 18.0 Å². The van der Waals surface area contributed by atoms with Gasteiger partial charge in [0, 0.05) is 31.7 Å². The average molecular weight is 435 g/mol. The minimum atomic E-state index is -3.83. The lowest BCUT2D eigenvalue weighted by Crippen LogP contribution is -2.49. The molecule has 1 heterocycles. The molecule has 0 fully saturated rings. The summed E-state index contributed by atoms with van der Waals surface area (Å²) in [6.07, 6.45) is 6.64. The number of aliphatic hydroxyl groups is 1. The van der Waals surface area contributed by atoms with Gasteiger partial charge in [0.1, 0.15) is 0 Å². The van der Waals surface area contributed by atoms with Gasteiger partial charge in [-0.2, -0.15) is 0 Å². The van der Waals surface area contributed by atoms with Gasteiger partial charge in [0.05, 0.1) is 0 Å². The highest BCUT2D eigenvalue weighted by Crippen LogP contribution is 2.23. The minimum absolute atomic E-state index is 0.00923. The van der Waals surface area contributed by atoms with Crippen LogP contribution in [0, 0.1) is 0 Å². The van der Waals surface area contributed by atoms with Crippen molar-refractivity contribution < 1.29 is 23.5 Å². The van der Waals surface area contributed by atoms with E-state index in [2.05, 4.69) is 0 Å². The maximum absolute atomic E-state index is 12.5. The first-order valence-electron chi connectivity index (χ1n) is 9.35. The van der Waals surface area contributed by atoms with Crippen LogP contribution in [0.5, 0.6) is 0 Å². The molecule has 0 saturated carbocycles. The number of nitrogens with zero attached hydrogens (tertiary/aromatic N) is 1. The van der Waals surface area contributed by atoms with Crippen LogP contribution in [0.4, 0.5) is 0 Å². The van der Waals surface area contributed by atoms with Crippen LogP contribution >= 0.6 is 0 Å². The largest absolute Gasteiger partial charge is 0.396 e. The number of carbonyl (C=O) groups is 1. The van der Waals surface area contributed by atoms with Crippen molar-refractivity contribution in [3.63, 3.8) is 0 Å². The number of nitrogens with one attached hydrogen (secondary N) is 1. The Kier molecular flexibility index (Phi) is 7.71. The first-order chi connectivity index (χ1) is 14.1. The molecule has 0 aliphatic rings. The van der Waals surface area contributed by atoms with E-state index in [-0.39, 0.29) is 25.1 Å². The number of amides is 1. The molecule has 1 amide bonds. The molecule has 1 unspecified atom stereocenters. The molecule has 0 aliphatic carbocycles. The monoisotopic (exact) mass is 434 g/mol. The van der Waals surface area contributed by atoms with Gasteiger partial charge in [0.15, 0.2) is 14.6 Å². The lowest BCUT2D eigenvalue weighted by molar-refractivity contribution is -0.131. The lowest BCUT2D eigenvalue weighted by atomic mass is 10.0. The molecule has 162 valence electrons. The second-order valence-corrected chi connectivity index (χ2v) is 9.62. The molecule has 0 bridgehead atoms. The van der Waals surface area contributed by atoms with Gasteiger partial charge in [0.2, 0.25) is 0 Å². The molecule has 2 aromatic rings. The third-order valence-electron chi connectivity index (χ3n) is 5.08. The Balaban J connectivity index is 2.19. The van der Waals surface area contributed by atoms with E-state index in [1.807, 2.05) is 36.4 Å². The number of aryl methyl sites for hydroxylation is 1. The Morgan fingerprint density at radius 1 is 1.20 bits per heavy atom. The van der Waals surface area contributed by atoms with Crippen LogP contribution in [0.15, 0.2) is 53.5 Å². The number of carbonyl (C=O) groups excluding carboxylic acids is 1. The molecule has 0 saturated heterocycles. The quantitative estimate of drug-likeness (QED) is 0.407. The maximum atomic E-state index is 12.5. The summed E-state index contributed by atoms with van der Waals surface area (Å²) in [6, 6.07) is 10.7. The molecule has 8 nitrogen and oxygen atoms in total. The molecule has 30 heavy (non-hydrogen) atoms. The summed E-state index contributed by atoms with van der Waals surface area (Å²) in [5, 5.41) is 17.7. The summed E-state index contributed by atoms with van der Waals surface area (Å²) in [6.45, 7) is 1.30. The Bertz CT molecular complexity index is 1070. The SMILES string of the molecule is CC(CCn1ccc(-c2ccc(/C=C/CCO)cc2)cc1=O)(C(=O)NO)S(C)(=O)=O. The number of aliphatic hydroxyl groups excluding tert-OH is 1. The molecule has 0 spiro atoms. The Morgan fingerprint density at radius 2 is 1.87 bits per heavy atom. The second kappa shape index (κ2) is 9.84. The summed E-state index contributed by atoms with van der Waals surface area (Å²) < 4.78 is 23.5. The smallest absolute Gasteiger partial charge is 0.264 e. The van der Waals surface area contributed by atoms with Gasteiger partial charge >= 0.3 is 0 Å². The zero-order valence-corrected chi connectivity index (χ0v) is 17.7. The fourth-order valence-corrected chi connectivity index (χ4v) is 3.72. The maximum Gasteiger partial charge on any atom is 0.264 e. The highest BCUT2D eigenvalue weighted by molar-refractivity contribution is 7.92. The van der Waals surface area contributed by atoms with Crippen molar-refractivity contribution in [1.82, 2.24) is 10.0 Å². The van der Waals surface area contributed by atoms with Crippen molar-refractivity contribution in [2.24, 2.45) is 0 Å². The summed E-state index contributed by atoms with van der Waals surface area (Å²) in [7, 11) is -3.83. The first-order valence-corrected chi connectivity index (χ1v) is 11.2. The fraction of sp³-hybridized carbons (Fsp3) is 0.333. The average Bonchev–Trinajstić information content (AvgIpc) is 2.71. The molecular formula is C21H26N2O6S. The van der Waals surface area contributed by atoms with E-state index < -0.39 is 20.5 Å². The standard InChI is InChI=1S/C21H26N2O6S/c1-21(20(26)22-27,30(2,28)29)11-13-23-12-10-18(15-19(23)25)17-8-6-16(7-9-17)5-3-4-14-24/h3,5-10,12,15,24,27H,4,11,13-14H2,1-2H3,(H,22,26)/b5-3+. The molecule has 2 rings (SSSR count). The zero-order valence-electron chi connectivity index (χ0n) is 16.9. The van der Waals surface area contributed by atoms with Crippen molar-refractivity contribution in [2.75, 3.05) is 12.9 Å². The summed E-state index contributed by atoms with van der Waals surface area (Å²) in [4.78, 5) is 24.4. The van der Waals surface area contributed by atoms with Crippen molar-refractivity contribution in [3.05, 3.63) is 64.6 Å². The number of benzene rings is 1. The summed E-state index contributed by atoms with van der Waals surface area (Å²) >= 11 is 0. The van der Waals surface area contributed by atoms with Crippen LogP contribution in [0.2, 0.25) is 0 Å². The van der Waals surface area contributed by atoms with Gasteiger partial charge in [-0.1, -0.05) is 36.4 Å². The Labute approximate surface area is 175 Å². The van der Waals surface area contributed by atoms with E-state index in [0.717, 1.165) is 17.4 Å². The van der Waals surface area contributed by atoms with Crippen LogP contribution in [0.25, 0.3) is 17.2 Å². The molecule has 1 aromatic heterocycles. The van der Waals surface area contributed by atoms with Gasteiger partial charge in [-0.3, -0.25) is 14.8 Å². The highest BCUT2D eigenvalue weighted by atomic mass is 32.2. The van der Waals surface area contributed by atoms with E-state index in [1.165, 1.54) is 23.0 Å². The molecular weight excluding hydrogens is 408 g/mol. The number of rotatable bonds is 9. The lowest BCUT2D eigenvalue weighted by Gasteiger charge is -2.25. The van der Waals surface area contributed by atoms with Gasteiger partial charge in [0.25, 0.3) is 11.5 Å². The van der Waals surface area contributed by atoms with Crippen LogP contribution in [0.1, 0.15) is 25.3 Å². The minimum Gasteiger partial charge on any atom is -0.396 e. The number of hydrogen-bond donors (Lipinski definition) is 3. The van der Waals surface area contributed by atoms with E-state index in [1.54, 1.807) is 12.3 Å². The number of aromatic nitrogens is 1. The Hall–Kier alpha value is -2.75. The van der Waals surface area contributed by atoms with Gasteiger partial charge in [-0.15, -0.1) is 0 Å². The summed E-state index contributed by atoms with van der Waals surface area (Å²) in [5.41, 5.74) is 3.59. The van der Waals surface area contributed by atoms with Crippen LogP contribution in [0.3, 0.4) is 0 Å². The van der Waals surface area contributed by atoms with Crippen molar-refractivity contribution in [3.8, 4) is 11.1 Å². The van der Waals surface area contributed by atoms with Crippen molar-refractivity contribution >= 4 is 21.8 Å². The number of pyridine rings is 1. The van der Waals surface area contributed by atoms with E-state index >= 15 is 0 Å². The zero-order chi connectivity index (χ0) is 22.4. The highest BCUT2D eigenvalue weighted by Gasteiger charge is 2.43. The van der Waals surface area contributed by atoms with Gasteiger partial charge in [-0.05, 0) is 42.5 Å². The third kappa shape index (κ3) is 5.44. The Morgan fingerprint density at radius 3 is 2.40 bits per heavy atom. The van der Waals surface area contributed by atoms with Crippen molar-refractivity contribution in [1.29, 1.82) is 0 Å². The number of hydrogen-bond acceptors (Lipinski definition) is 6. The predicted molar refractivity (Wildman–Crippen MR) is 115 cm³/mol. The van der Waals surface area contributed by atoms with Gasteiger partial charge in [-0.25, -0.2) is 13.9 Å². The normalized spacial score (nSPS) is 13.9. The second-order valence-electron chi connectivity index (χ2n) is 7.18. The van der Waals surface area contributed by atoms with Crippen LogP contribution in [-0.4, -0.2) is 46.8 Å².